The molecular formula is C18H19N3O4. The van der Waals surface area contributed by atoms with E-state index in [4.69, 9.17) is 4.74 Å². The Bertz CT molecular complexity index is 886. The number of aromatic amines is 1. The Hall–Kier alpha value is -2.83. The van der Waals surface area contributed by atoms with Gasteiger partial charge < -0.3 is 14.6 Å². The van der Waals surface area contributed by atoms with Gasteiger partial charge in [0.2, 0.25) is 11.9 Å². The van der Waals surface area contributed by atoms with Crippen LogP contribution >= 0.6 is 0 Å². The summed E-state index contributed by atoms with van der Waals surface area (Å²) in [5, 5.41) is 11.9. The van der Waals surface area contributed by atoms with Crippen LogP contribution in [0.1, 0.15) is 18.4 Å². The van der Waals surface area contributed by atoms with E-state index < -0.39 is 12.0 Å². The molecule has 1 aliphatic carbocycles. The molecule has 2 aromatic rings. The molecule has 130 valence electrons. The van der Waals surface area contributed by atoms with Crippen molar-refractivity contribution in [3.63, 3.8) is 0 Å². The lowest BCUT2D eigenvalue weighted by atomic mass is 9.98. The van der Waals surface area contributed by atoms with E-state index in [1.54, 1.807) is 12.0 Å². The van der Waals surface area contributed by atoms with E-state index in [9.17, 15) is 14.9 Å². The van der Waals surface area contributed by atoms with Crippen molar-refractivity contribution in [2.45, 2.75) is 18.9 Å². The summed E-state index contributed by atoms with van der Waals surface area (Å²) in [5.74, 6) is 0.293. The second-order valence-electron chi connectivity index (χ2n) is 6.57. The molecule has 7 nitrogen and oxygen atoms in total. The molecule has 1 N–H and O–H groups in total. The lowest BCUT2D eigenvalue weighted by Gasteiger charge is -2.26. The Morgan fingerprint density at radius 1 is 1.44 bits per heavy atom. The number of H-pyrrole nitrogens is 1. The van der Waals surface area contributed by atoms with E-state index in [1.807, 2.05) is 30.5 Å². The number of carbonyl (C=O) groups is 1. The Labute approximate surface area is 144 Å². The van der Waals surface area contributed by atoms with Crippen LogP contribution in [0.3, 0.4) is 0 Å². The van der Waals surface area contributed by atoms with Gasteiger partial charge in [-0.05, 0) is 30.2 Å². The van der Waals surface area contributed by atoms with Crippen molar-refractivity contribution in [2.75, 3.05) is 20.2 Å². The largest absolute Gasteiger partial charge is 0.497 e. The van der Waals surface area contributed by atoms with Crippen molar-refractivity contribution >= 4 is 22.4 Å². The van der Waals surface area contributed by atoms with Gasteiger partial charge in [0.15, 0.2) is 0 Å². The maximum Gasteiger partial charge on any atom is 0.233 e. The van der Waals surface area contributed by atoms with Crippen LogP contribution in [0.15, 0.2) is 30.5 Å². The molecule has 1 aromatic heterocycles. The van der Waals surface area contributed by atoms with E-state index in [-0.39, 0.29) is 10.8 Å². The SMILES string of the molecule is COc1ccc2[nH]cc(C3=CCN(C(=O)C4CC4[N+](=O)[O-])CC3)c2c1. The average molecular weight is 341 g/mol. The first-order valence-electron chi connectivity index (χ1n) is 8.35. The zero-order chi connectivity index (χ0) is 17.6. The summed E-state index contributed by atoms with van der Waals surface area (Å²) in [6.45, 7) is 1.11. The number of hydrogen-bond acceptors (Lipinski definition) is 4. The normalized spacial score (nSPS) is 22.6. The van der Waals surface area contributed by atoms with Gasteiger partial charge in [0.1, 0.15) is 11.7 Å². The maximum atomic E-state index is 12.3. The number of amides is 1. The van der Waals surface area contributed by atoms with Crippen LogP contribution in [-0.2, 0) is 4.79 Å². The van der Waals surface area contributed by atoms with Crippen molar-refractivity contribution < 1.29 is 14.5 Å². The lowest BCUT2D eigenvalue weighted by Crippen LogP contribution is -2.36. The molecule has 0 spiro atoms. The highest BCUT2D eigenvalue weighted by Gasteiger charge is 2.54. The van der Waals surface area contributed by atoms with Gasteiger partial charge in [0.05, 0.1) is 7.11 Å². The molecule has 1 aliphatic heterocycles. The predicted molar refractivity (Wildman–Crippen MR) is 92.9 cm³/mol. The number of nitrogens with one attached hydrogen (secondary N) is 1. The van der Waals surface area contributed by atoms with Crippen molar-refractivity contribution in [1.82, 2.24) is 9.88 Å². The minimum absolute atomic E-state index is 0.0856. The lowest BCUT2D eigenvalue weighted by molar-refractivity contribution is -0.497. The number of nitro groups is 1. The van der Waals surface area contributed by atoms with Crippen LogP contribution in [0.5, 0.6) is 5.75 Å². The third kappa shape index (κ3) is 2.75. The van der Waals surface area contributed by atoms with Gasteiger partial charge in [0.25, 0.3) is 0 Å². The Morgan fingerprint density at radius 2 is 2.28 bits per heavy atom. The van der Waals surface area contributed by atoms with Gasteiger partial charge >= 0.3 is 0 Å². The van der Waals surface area contributed by atoms with E-state index in [2.05, 4.69) is 4.98 Å². The highest BCUT2D eigenvalue weighted by molar-refractivity contribution is 5.94. The van der Waals surface area contributed by atoms with Crippen LogP contribution in [0, 0.1) is 16.0 Å². The summed E-state index contributed by atoms with van der Waals surface area (Å²) < 4.78 is 5.30. The van der Waals surface area contributed by atoms with Gasteiger partial charge in [0, 0.05) is 47.1 Å². The summed E-state index contributed by atoms with van der Waals surface area (Å²) in [4.78, 5) is 27.7. The Kier molecular flexibility index (Phi) is 3.71. The minimum Gasteiger partial charge on any atom is -0.497 e. The first-order valence-corrected chi connectivity index (χ1v) is 8.35. The van der Waals surface area contributed by atoms with Gasteiger partial charge in [-0.25, -0.2) is 0 Å². The molecule has 0 saturated heterocycles. The molecule has 2 aliphatic rings. The van der Waals surface area contributed by atoms with Gasteiger partial charge in [-0.15, -0.1) is 0 Å². The monoisotopic (exact) mass is 341 g/mol. The second-order valence-corrected chi connectivity index (χ2v) is 6.57. The summed E-state index contributed by atoms with van der Waals surface area (Å²) in [7, 11) is 1.65. The molecule has 25 heavy (non-hydrogen) atoms. The van der Waals surface area contributed by atoms with E-state index in [0.717, 1.165) is 28.6 Å². The third-order valence-electron chi connectivity index (χ3n) is 5.10. The number of benzene rings is 1. The van der Waals surface area contributed by atoms with Gasteiger partial charge in [-0.1, -0.05) is 6.08 Å². The molecule has 2 unspecified atom stereocenters. The van der Waals surface area contributed by atoms with Crippen molar-refractivity contribution in [1.29, 1.82) is 0 Å². The van der Waals surface area contributed by atoms with Crippen LogP contribution < -0.4 is 4.74 Å². The Morgan fingerprint density at radius 3 is 2.92 bits per heavy atom. The number of ether oxygens (including phenoxy) is 1. The molecular weight excluding hydrogens is 322 g/mol. The first kappa shape index (κ1) is 15.7. The van der Waals surface area contributed by atoms with Crippen molar-refractivity contribution in [2.24, 2.45) is 5.92 Å². The maximum absolute atomic E-state index is 12.3. The topological polar surface area (TPSA) is 88.5 Å². The van der Waals surface area contributed by atoms with Crippen LogP contribution in [0.4, 0.5) is 0 Å². The molecule has 4 rings (SSSR count). The average Bonchev–Trinajstić information content (AvgIpc) is 3.34. The molecule has 2 atom stereocenters. The summed E-state index contributed by atoms with van der Waals surface area (Å²) >= 11 is 0. The van der Waals surface area contributed by atoms with Crippen LogP contribution in [0.25, 0.3) is 16.5 Å². The molecule has 0 radical (unpaired) electrons. The molecule has 1 amide bonds. The van der Waals surface area contributed by atoms with E-state index in [0.29, 0.717) is 19.5 Å². The van der Waals surface area contributed by atoms with E-state index >= 15 is 0 Å². The van der Waals surface area contributed by atoms with Crippen LogP contribution in [0.2, 0.25) is 0 Å². The van der Waals surface area contributed by atoms with Crippen LogP contribution in [-0.4, -0.2) is 47.0 Å². The molecule has 7 heteroatoms. The predicted octanol–water partition coefficient (Wildman–Crippen LogP) is 2.46. The van der Waals surface area contributed by atoms with Gasteiger partial charge in [-0.2, -0.15) is 0 Å². The molecule has 2 heterocycles. The third-order valence-corrected chi connectivity index (χ3v) is 5.10. The molecule has 1 aromatic carbocycles. The summed E-state index contributed by atoms with van der Waals surface area (Å²) in [6.07, 6.45) is 5.15. The number of aromatic nitrogens is 1. The molecule has 1 fully saturated rings. The summed E-state index contributed by atoms with van der Waals surface area (Å²) in [6, 6.07) is 5.23. The standard InChI is InChI=1S/C18H19N3O4/c1-25-12-2-3-16-13(8-12)15(10-19-16)11-4-6-20(7-5-11)18(22)14-9-17(14)21(23)24/h2-4,8,10,14,17,19H,5-7,9H2,1H3. The second kappa shape index (κ2) is 5.91. The number of carbonyl (C=O) groups excluding carboxylic acids is 1. The number of nitrogens with zero attached hydrogens (tertiary/aromatic N) is 2. The quantitative estimate of drug-likeness (QED) is 0.683. The minimum atomic E-state index is -0.682. The fourth-order valence-electron chi connectivity index (χ4n) is 3.52. The highest BCUT2D eigenvalue weighted by atomic mass is 16.6. The number of hydrogen-bond donors (Lipinski definition) is 1. The zero-order valence-corrected chi connectivity index (χ0v) is 13.9. The van der Waals surface area contributed by atoms with E-state index in [1.165, 1.54) is 5.57 Å². The molecule has 0 bridgehead atoms. The fraction of sp³-hybridized carbons (Fsp3) is 0.389. The highest BCUT2D eigenvalue weighted by Crippen LogP contribution is 2.36. The van der Waals surface area contributed by atoms with Gasteiger partial charge in [-0.3, -0.25) is 14.9 Å². The summed E-state index contributed by atoms with van der Waals surface area (Å²) in [5.41, 5.74) is 3.35. The first-order chi connectivity index (χ1) is 12.1. The Balaban J connectivity index is 1.51. The molecule has 1 saturated carbocycles. The number of rotatable bonds is 4. The van der Waals surface area contributed by atoms with Crippen molar-refractivity contribution in [3.05, 3.63) is 46.1 Å². The number of methoxy groups -OCH3 is 1. The smallest absolute Gasteiger partial charge is 0.233 e. The number of fused-ring (bicyclic) bond motifs is 1. The fourth-order valence-corrected chi connectivity index (χ4v) is 3.52. The zero-order valence-electron chi connectivity index (χ0n) is 13.9. The van der Waals surface area contributed by atoms with Crippen molar-refractivity contribution in [3.8, 4) is 5.75 Å².